The van der Waals surface area contributed by atoms with Crippen LogP contribution in [-0.4, -0.2) is 12.1 Å². The molecule has 170 valence electrons. The van der Waals surface area contributed by atoms with Crippen molar-refractivity contribution in [3.8, 4) is 0 Å². The molecular formula is C28H46O2. The number of hydrogen-bond donors (Lipinski definition) is 0. The molecule has 0 aromatic rings. The van der Waals surface area contributed by atoms with E-state index in [2.05, 4.69) is 27.7 Å². The van der Waals surface area contributed by atoms with Gasteiger partial charge in [-0.2, -0.15) is 0 Å². The lowest BCUT2D eigenvalue weighted by Crippen LogP contribution is -2.53. The molecule has 0 aromatic heterocycles. The summed E-state index contributed by atoms with van der Waals surface area (Å²) in [6, 6.07) is 0. The third kappa shape index (κ3) is 3.05. The standard InChI is InChI=1S/C28H46O2/c1-17-16-25(30-26(29)18(17)2)19(3)22-11-12-23-21-10-9-20-8-6-7-14-27(20,4)24(21)13-15-28(22,23)5/h17-25H,6-16H2,1-5H3/t17?,18?,19?,20?,21?,22?,23?,24?,25?,27-,28+/m0/s1. The minimum Gasteiger partial charge on any atom is -0.462 e. The van der Waals surface area contributed by atoms with Crippen LogP contribution in [0.3, 0.4) is 0 Å². The van der Waals surface area contributed by atoms with Gasteiger partial charge in [-0.1, -0.05) is 47.5 Å². The molecule has 1 heterocycles. The summed E-state index contributed by atoms with van der Waals surface area (Å²) in [6.45, 7) is 12.1. The predicted molar refractivity (Wildman–Crippen MR) is 122 cm³/mol. The van der Waals surface area contributed by atoms with E-state index >= 15 is 0 Å². The average molecular weight is 415 g/mol. The van der Waals surface area contributed by atoms with Crippen molar-refractivity contribution in [3.05, 3.63) is 0 Å². The van der Waals surface area contributed by atoms with Crippen LogP contribution in [0.25, 0.3) is 0 Å². The fourth-order valence-electron chi connectivity index (χ4n) is 9.89. The van der Waals surface area contributed by atoms with Crippen LogP contribution in [-0.2, 0) is 9.53 Å². The van der Waals surface area contributed by atoms with Crippen molar-refractivity contribution in [2.75, 3.05) is 0 Å². The first-order valence-electron chi connectivity index (χ1n) is 13.5. The van der Waals surface area contributed by atoms with Crippen LogP contribution in [0.4, 0.5) is 0 Å². The highest BCUT2D eigenvalue weighted by molar-refractivity contribution is 5.73. The lowest BCUT2D eigenvalue weighted by molar-refractivity contribution is -0.171. The molecular weight excluding hydrogens is 368 g/mol. The Kier molecular flexibility index (Phi) is 5.34. The maximum absolute atomic E-state index is 12.4. The number of rotatable bonds is 2. The maximum atomic E-state index is 12.4. The number of esters is 1. The molecule has 1 saturated heterocycles. The molecule has 5 aliphatic rings. The molecule has 2 nitrogen and oxygen atoms in total. The Bertz CT molecular complexity index is 672. The second kappa shape index (κ2) is 7.51. The van der Waals surface area contributed by atoms with Crippen LogP contribution < -0.4 is 0 Å². The lowest BCUT2D eigenvalue weighted by Gasteiger charge is -2.61. The van der Waals surface area contributed by atoms with E-state index in [0.717, 1.165) is 36.0 Å². The third-order valence-electron chi connectivity index (χ3n) is 12.0. The van der Waals surface area contributed by atoms with Crippen LogP contribution in [0.2, 0.25) is 0 Å². The van der Waals surface area contributed by atoms with Gasteiger partial charge >= 0.3 is 5.97 Å². The van der Waals surface area contributed by atoms with Crippen LogP contribution in [0.1, 0.15) is 105 Å². The van der Waals surface area contributed by atoms with Gasteiger partial charge in [-0.25, -0.2) is 0 Å². The van der Waals surface area contributed by atoms with Gasteiger partial charge in [0.2, 0.25) is 0 Å². The summed E-state index contributed by atoms with van der Waals surface area (Å²) in [6.07, 6.45) is 15.8. The first-order chi connectivity index (χ1) is 14.3. The Morgan fingerprint density at radius 3 is 2.43 bits per heavy atom. The number of hydrogen-bond acceptors (Lipinski definition) is 2. The highest BCUT2D eigenvalue weighted by Gasteiger charge is 2.60. The Labute approximate surface area is 185 Å². The van der Waals surface area contributed by atoms with Gasteiger partial charge in [0, 0.05) is 0 Å². The van der Waals surface area contributed by atoms with Crippen molar-refractivity contribution in [3.63, 3.8) is 0 Å². The molecule has 4 aliphatic carbocycles. The van der Waals surface area contributed by atoms with Crippen LogP contribution in [0.15, 0.2) is 0 Å². The highest BCUT2D eigenvalue weighted by atomic mass is 16.5. The normalized spacial score (nSPS) is 54.5. The number of fused-ring (bicyclic) bond motifs is 5. The van der Waals surface area contributed by atoms with E-state index in [9.17, 15) is 4.79 Å². The summed E-state index contributed by atoms with van der Waals surface area (Å²) in [4.78, 5) is 12.4. The van der Waals surface area contributed by atoms with Gasteiger partial charge in [-0.05, 0) is 110 Å². The largest absolute Gasteiger partial charge is 0.462 e. The Morgan fingerprint density at radius 1 is 0.900 bits per heavy atom. The van der Waals surface area contributed by atoms with Gasteiger partial charge < -0.3 is 4.74 Å². The van der Waals surface area contributed by atoms with Gasteiger partial charge in [0.1, 0.15) is 6.10 Å². The van der Waals surface area contributed by atoms with Gasteiger partial charge in [-0.15, -0.1) is 0 Å². The second-order valence-electron chi connectivity index (χ2n) is 13.0. The van der Waals surface area contributed by atoms with Crippen molar-refractivity contribution in [2.24, 2.45) is 58.2 Å². The van der Waals surface area contributed by atoms with E-state index in [0.29, 0.717) is 22.7 Å². The average Bonchev–Trinajstić information content (AvgIpc) is 3.07. The molecule has 5 fully saturated rings. The number of ether oxygens (including phenoxy) is 1. The van der Waals surface area contributed by atoms with E-state index in [1.54, 1.807) is 0 Å². The van der Waals surface area contributed by atoms with E-state index in [1.807, 2.05) is 6.92 Å². The fourth-order valence-corrected chi connectivity index (χ4v) is 9.89. The first kappa shape index (κ1) is 21.3. The summed E-state index contributed by atoms with van der Waals surface area (Å²) in [5.41, 5.74) is 1.10. The quantitative estimate of drug-likeness (QED) is 0.444. The maximum Gasteiger partial charge on any atom is 0.309 e. The summed E-state index contributed by atoms with van der Waals surface area (Å²) in [5, 5.41) is 0. The van der Waals surface area contributed by atoms with Gasteiger partial charge in [-0.3, -0.25) is 4.79 Å². The second-order valence-corrected chi connectivity index (χ2v) is 13.0. The van der Waals surface area contributed by atoms with Crippen molar-refractivity contribution in [1.82, 2.24) is 0 Å². The number of cyclic esters (lactones) is 1. The topological polar surface area (TPSA) is 26.3 Å². The predicted octanol–water partition coefficient (Wildman–Crippen LogP) is 7.26. The summed E-state index contributed by atoms with van der Waals surface area (Å²) in [5.74, 6) is 5.71. The zero-order chi connectivity index (χ0) is 21.3. The lowest BCUT2D eigenvalue weighted by atomic mass is 9.44. The Morgan fingerprint density at radius 2 is 1.67 bits per heavy atom. The van der Waals surface area contributed by atoms with E-state index in [4.69, 9.17) is 4.74 Å². The molecule has 2 heteroatoms. The molecule has 0 amide bonds. The van der Waals surface area contributed by atoms with Crippen LogP contribution >= 0.6 is 0 Å². The summed E-state index contributed by atoms with van der Waals surface area (Å²) in [7, 11) is 0. The number of carbonyl (C=O) groups excluding carboxylic acids is 1. The van der Waals surface area contributed by atoms with Crippen molar-refractivity contribution in [2.45, 2.75) is 111 Å². The monoisotopic (exact) mass is 414 g/mol. The molecule has 0 aromatic carbocycles. The van der Waals surface area contributed by atoms with Crippen molar-refractivity contribution < 1.29 is 9.53 Å². The molecule has 30 heavy (non-hydrogen) atoms. The molecule has 0 spiro atoms. The van der Waals surface area contributed by atoms with E-state index in [1.165, 1.54) is 64.2 Å². The minimum atomic E-state index is 0.0533. The van der Waals surface area contributed by atoms with E-state index in [-0.39, 0.29) is 18.0 Å². The summed E-state index contributed by atoms with van der Waals surface area (Å²) >= 11 is 0. The first-order valence-corrected chi connectivity index (χ1v) is 13.5. The summed E-state index contributed by atoms with van der Waals surface area (Å²) < 4.78 is 6.02. The van der Waals surface area contributed by atoms with Gasteiger partial charge in [0.05, 0.1) is 5.92 Å². The molecule has 11 atom stereocenters. The molecule has 9 unspecified atom stereocenters. The molecule has 1 aliphatic heterocycles. The fraction of sp³-hybridized carbons (Fsp3) is 0.964. The third-order valence-corrected chi connectivity index (χ3v) is 12.0. The molecule has 0 N–H and O–H groups in total. The zero-order valence-electron chi connectivity index (χ0n) is 20.3. The van der Waals surface area contributed by atoms with Gasteiger partial charge in [0.25, 0.3) is 0 Å². The SMILES string of the molecule is CC1CC(C(C)C2CCC3C4CCC5CCCC[C@]5(C)C4CC[C@]23C)OC(=O)C1C. The van der Waals surface area contributed by atoms with Crippen LogP contribution in [0.5, 0.6) is 0 Å². The Balaban J connectivity index is 1.35. The van der Waals surface area contributed by atoms with E-state index < -0.39 is 0 Å². The molecule has 4 saturated carbocycles. The molecule has 5 rings (SSSR count). The number of carbonyl (C=O) groups is 1. The zero-order valence-corrected chi connectivity index (χ0v) is 20.3. The molecule has 0 bridgehead atoms. The van der Waals surface area contributed by atoms with Crippen molar-refractivity contribution >= 4 is 5.97 Å². The molecule has 0 radical (unpaired) electrons. The minimum absolute atomic E-state index is 0.0533. The Hall–Kier alpha value is -0.530. The van der Waals surface area contributed by atoms with Crippen LogP contribution in [0, 0.1) is 58.2 Å². The van der Waals surface area contributed by atoms with Crippen molar-refractivity contribution in [1.29, 1.82) is 0 Å². The highest BCUT2D eigenvalue weighted by Crippen LogP contribution is 2.68. The van der Waals surface area contributed by atoms with Gasteiger partial charge in [0.15, 0.2) is 0 Å². The smallest absolute Gasteiger partial charge is 0.309 e.